The highest BCUT2D eigenvalue weighted by Gasteiger charge is 2.14. The van der Waals surface area contributed by atoms with Crippen LogP contribution in [-0.2, 0) is 9.84 Å². The van der Waals surface area contributed by atoms with Crippen LogP contribution in [0, 0.1) is 0 Å². The van der Waals surface area contributed by atoms with E-state index in [-0.39, 0.29) is 3.42 Å². The monoisotopic (exact) mass is 274 g/mol. The van der Waals surface area contributed by atoms with Gasteiger partial charge in [0.15, 0.2) is 0 Å². The Bertz CT molecular complexity index is 241. The van der Waals surface area contributed by atoms with Crippen LogP contribution >= 0.6 is 22.6 Å². The molecule has 0 aliphatic heterocycles. The fourth-order valence-electron chi connectivity index (χ4n) is 1.14. The second-order valence-electron chi connectivity index (χ2n) is 3.52. The molecule has 0 aliphatic rings. The van der Waals surface area contributed by atoms with Gasteiger partial charge < -0.3 is 0 Å². The predicted octanol–water partition coefficient (Wildman–Crippen LogP) is 3.92. The van der Waals surface area contributed by atoms with Crippen molar-refractivity contribution in [2.24, 2.45) is 0 Å². The molecule has 0 atom stereocenters. The molecule has 0 aromatic heterocycles. The summed E-state index contributed by atoms with van der Waals surface area (Å²) in [6, 6.07) is 8.89. The Morgan fingerprint density at radius 3 is 2.00 bits per heavy atom. The van der Waals surface area contributed by atoms with Crippen molar-refractivity contribution in [2.45, 2.75) is 30.6 Å². The summed E-state index contributed by atoms with van der Waals surface area (Å²) in [5.74, 6) is 0. The Kier molecular flexibility index (Phi) is 3.16. The second-order valence-corrected chi connectivity index (χ2v) is 6.22. The summed E-state index contributed by atoms with van der Waals surface area (Å²) in [7, 11) is 0. The summed E-state index contributed by atoms with van der Waals surface area (Å²) in [5, 5.41) is 0. The number of hydrogen-bond donors (Lipinski definition) is 0. The van der Waals surface area contributed by atoms with Gasteiger partial charge in [-0.2, -0.15) is 0 Å². The van der Waals surface area contributed by atoms with E-state index < -0.39 is 0 Å². The minimum atomic E-state index is 0.254. The molecule has 1 aromatic carbocycles. The number of aryl methyl sites for hydroxylation is 1. The topological polar surface area (TPSA) is 0 Å². The molecule has 0 saturated carbocycles. The summed E-state index contributed by atoms with van der Waals surface area (Å²) in [6.07, 6.45) is 1.13. The van der Waals surface area contributed by atoms with Crippen molar-refractivity contribution in [3.63, 3.8) is 0 Å². The van der Waals surface area contributed by atoms with Gasteiger partial charge in [-0.3, -0.25) is 0 Å². The molecule has 12 heavy (non-hydrogen) atoms. The third kappa shape index (κ3) is 2.47. The fourth-order valence-corrected chi connectivity index (χ4v) is 1.50. The van der Waals surface area contributed by atoms with Gasteiger partial charge in [-0.1, -0.05) is 53.8 Å². The van der Waals surface area contributed by atoms with Gasteiger partial charge in [-0.05, 0) is 31.4 Å². The lowest BCUT2D eigenvalue weighted by atomic mass is 10.0. The molecule has 0 nitrogen and oxygen atoms in total. The highest BCUT2D eigenvalue weighted by molar-refractivity contribution is 14.1. The Balaban J connectivity index is 2.93. The molecule has 0 amide bonds. The lowest BCUT2D eigenvalue weighted by Gasteiger charge is -2.16. The van der Waals surface area contributed by atoms with E-state index in [1.54, 1.807) is 0 Å². The first-order valence-corrected chi connectivity index (χ1v) is 5.40. The Labute approximate surface area is 88.5 Å². The molecule has 0 aliphatic carbocycles. The van der Waals surface area contributed by atoms with E-state index >= 15 is 0 Å². The summed E-state index contributed by atoms with van der Waals surface area (Å²) in [5.41, 5.74) is 2.82. The Morgan fingerprint density at radius 2 is 1.67 bits per heavy atom. The van der Waals surface area contributed by atoms with Gasteiger partial charge in [0.1, 0.15) is 0 Å². The van der Waals surface area contributed by atoms with Crippen LogP contribution in [0.2, 0.25) is 0 Å². The first-order valence-electron chi connectivity index (χ1n) is 4.32. The summed E-state index contributed by atoms with van der Waals surface area (Å²) in [6.45, 7) is 6.65. The predicted molar refractivity (Wildman–Crippen MR) is 62.9 cm³/mol. The van der Waals surface area contributed by atoms with Gasteiger partial charge in [0.25, 0.3) is 0 Å². The first-order chi connectivity index (χ1) is 5.54. The van der Waals surface area contributed by atoms with Crippen molar-refractivity contribution in [2.75, 3.05) is 0 Å². The van der Waals surface area contributed by atoms with Crippen LogP contribution < -0.4 is 0 Å². The van der Waals surface area contributed by atoms with Crippen LogP contribution in [0.15, 0.2) is 24.3 Å². The smallest absolute Gasteiger partial charge is 0.0414 e. The van der Waals surface area contributed by atoms with Crippen LogP contribution in [0.5, 0.6) is 0 Å². The van der Waals surface area contributed by atoms with Gasteiger partial charge in [-0.15, -0.1) is 0 Å². The summed E-state index contributed by atoms with van der Waals surface area (Å²) in [4.78, 5) is 0. The van der Waals surface area contributed by atoms with Gasteiger partial charge in [0.2, 0.25) is 0 Å². The lowest BCUT2D eigenvalue weighted by Crippen LogP contribution is -2.05. The van der Waals surface area contributed by atoms with Crippen molar-refractivity contribution in [1.82, 2.24) is 0 Å². The van der Waals surface area contributed by atoms with Gasteiger partial charge >= 0.3 is 0 Å². The number of alkyl halides is 1. The number of hydrogen-bond acceptors (Lipinski definition) is 0. The van der Waals surface area contributed by atoms with Crippen LogP contribution in [0.3, 0.4) is 0 Å². The maximum Gasteiger partial charge on any atom is 0.0414 e. The van der Waals surface area contributed by atoms with Crippen LogP contribution in [0.25, 0.3) is 0 Å². The molecule has 0 N–H and O–H groups in total. The van der Waals surface area contributed by atoms with Crippen molar-refractivity contribution in [3.05, 3.63) is 35.4 Å². The molecule has 1 aromatic rings. The molecular weight excluding hydrogens is 259 g/mol. The highest BCUT2D eigenvalue weighted by atomic mass is 127. The molecular formula is C11H15I. The minimum absolute atomic E-state index is 0.254. The molecule has 0 fully saturated rings. The maximum absolute atomic E-state index is 2.47. The molecule has 0 radical (unpaired) electrons. The van der Waals surface area contributed by atoms with E-state index in [0.29, 0.717) is 0 Å². The molecule has 1 heteroatoms. The van der Waals surface area contributed by atoms with Crippen molar-refractivity contribution in [1.29, 1.82) is 0 Å². The van der Waals surface area contributed by atoms with Gasteiger partial charge in [0.05, 0.1) is 0 Å². The summed E-state index contributed by atoms with van der Waals surface area (Å²) < 4.78 is 0.254. The van der Waals surface area contributed by atoms with E-state index in [0.717, 1.165) is 6.42 Å². The third-order valence-electron chi connectivity index (χ3n) is 2.05. The Hall–Kier alpha value is -0.0500. The molecule has 0 spiro atoms. The normalized spacial score (nSPS) is 11.7. The quantitative estimate of drug-likeness (QED) is 0.566. The van der Waals surface area contributed by atoms with E-state index in [2.05, 4.69) is 67.6 Å². The van der Waals surface area contributed by atoms with E-state index in [9.17, 15) is 0 Å². The standard InChI is InChI=1S/C11H15I/c1-4-9-5-7-10(8-6-9)11(2,3)12/h5-8H,4H2,1-3H3. The van der Waals surface area contributed by atoms with E-state index in [1.165, 1.54) is 11.1 Å². The zero-order chi connectivity index (χ0) is 9.19. The average Bonchev–Trinajstić information content (AvgIpc) is 2.03. The number of rotatable bonds is 2. The van der Waals surface area contributed by atoms with Gasteiger partial charge in [-0.25, -0.2) is 0 Å². The van der Waals surface area contributed by atoms with Crippen molar-refractivity contribution in [3.8, 4) is 0 Å². The van der Waals surface area contributed by atoms with E-state index in [1.807, 2.05) is 0 Å². The minimum Gasteiger partial charge on any atom is -0.0743 e. The van der Waals surface area contributed by atoms with E-state index in [4.69, 9.17) is 0 Å². The first kappa shape index (κ1) is 10.0. The summed E-state index contributed by atoms with van der Waals surface area (Å²) >= 11 is 2.47. The Morgan fingerprint density at radius 1 is 1.17 bits per heavy atom. The van der Waals surface area contributed by atoms with Crippen LogP contribution in [0.4, 0.5) is 0 Å². The molecule has 0 unspecified atom stereocenters. The largest absolute Gasteiger partial charge is 0.0743 e. The zero-order valence-corrected chi connectivity index (χ0v) is 10.1. The fraction of sp³-hybridized carbons (Fsp3) is 0.455. The zero-order valence-electron chi connectivity index (χ0n) is 7.89. The molecule has 0 bridgehead atoms. The van der Waals surface area contributed by atoms with Crippen LogP contribution in [0.1, 0.15) is 31.9 Å². The maximum atomic E-state index is 2.47. The number of halogens is 1. The van der Waals surface area contributed by atoms with Gasteiger partial charge in [0, 0.05) is 3.42 Å². The van der Waals surface area contributed by atoms with Crippen molar-refractivity contribution >= 4 is 22.6 Å². The lowest BCUT2D eigenvalue weighted by molar-refractivity contribution is 0.825. The van der Waals surface area contributed by atoms with Crippen molar-refractivity contribution < 1.29 is 0 Å². The average molecular weight is 274 g/mol. The molecule has 0 saturated heterocycles. The SMILES string of the molecule is CCc1ccc(C(C)(C)I)cc1. The molecule has 66 valence electrons. The molecule has 1 rings (SSSR count). The number of benzene rings is 1. The highest BCUT2D eigenvalue weighted by Crippen LogP contribution is 2.30. The second kappa shape index (κ2) is 3.77. The third-order valence-corrected chi connectivity index (χ3v) is 2.67. The van der Waals surface area contributed by atoms with Crippen LogP contribution in [-0.4, -0.2) is 0 Å². The molecule has 0 heterocycles.